The van der Waals surface area contributed by atoms with E-state index in [4.69, 9.17) is 0 Å². The lowest BCUT2D eigenvalue weighted by atomic mass is 9.95. The van der Waals surface area contributed by atoms with Gasteiger partial charge in [0, 0.05) is 5.54 Å². The predicted octanol–water partition coefficient (Wildman–Crippen LogP) is 1.76. The molecule has 0 saturated carbocycles. The molecular formula is C11H24N2. The minimum atomic E-state index is 0.324. The van der Waals surface area contributed by atoms with Gasteiger partial charge in [-0.25, -0.2) is 0 Å². The maximum absolute atomic E-state index is 3.65. The van der Waals surface area contributed by atoms with E-state index in [0.29, 0.717) is 5.54 Å². The van der Waals surface area contributed by atoms with Crippen molar-refractivity contribution in [3.8, 4) is 0 Å². The topological polar surface area (TPSA) is 24.1 Å². The van der Waals surface area contributed by atoms with E-state index in [1.165, 1.54) is 38.9 Å². The number of nitrogens with one attached hydrogen (secondary N) is 2. The Labute approximate surface area is 82.5 Å². The molecule has 13 heavy (non-hydrogen) atoms. The monoisotopic (exact) mass is 184 g/mol. The van der Waals surface area contributed by atoms with Gasteiger partial charge in [-0.2, -0.15) is 0 Å². The van der Waals surface area contributed by atoms with Gasteiger partial charge < -0.3 is 10.6 Å². The van der Waals surface area contributed by atoms with E-state index >= 15 is 0 Å². The minimum absolute atomic E-state index is 0.324. The van der Waals surface area contributed by atoms with Gasteiger partial charge in [0.15, 0.2) is 0 Å². The molecule has 78 valence electrons. The summed E-state index contributed by atoms with van der Waals surface area (Å²) in [6.07, 6.45) is 3.89. The van der Waals surface area contributed by atoms with E-state index in [-0.39, 0.29) is 0 Å². The Morgan fingerprint density at radius 1 is 1.31 bits per heavy atom. The zero-order chi connectivity index (χ0) is 9.73. The second kappa shape index (κ2) is 4.97. The highest BCUT2D eigenvalue weighted by atomic mass is 15.0. The van der Waals surface area contributed by atoms with Crippen molar-refractivity contribution >= 4 is 0 Å². The molecule has 1 heterocycles. The van der Waals surface area contributed by atoms with Crippen LogP contribution in [0.4, 0.5) is 0 Å². The summed E-state index contributed by atoms with van der Waals surface area (Å²) in [7, 11) is 0. The third kappa shape index (κ3) is 4.10. The molecule has 1 aliphatic heterocycles. The van der Waals surface area contributed by atoms with Crippen LogP contribution >= 0.6 is 0 Å². The summed E-state index contributed by atoms with van der Waals surface area (Å²) in [5, 5.41) is 7.05. The zero-order valence-electron chi connectivity index (χ0n) is 9.32. The summed E-state index contributed by atoms with van der Waals surface area (Å²) >= 11 is 0. The molecule has 0 unspecified atom stereocenters. The molecule has 0 bridgehead atoms. The van der Waals surface area contributed by atoms with Gasteiger partial charge in [0.05, 0.1) is 0 Å². The normalized spacial score (nSPS) is 20.5. The van der Waals surface area contributed by atoms with E-state index < -0.39 is 0 Å². The number of hydrogen-bond acceptors (Lipinski definition) is 2. The lowest BCUT2D eigenvalue weighted by molar-refractivity contribution is 0.297. The predicted molar refractivity (Wildman–Crippen MR) is 58.0 cm³/mol. The molecule has 1 saturated heterocycles. The van der Waals surface area contributed by atoms with Crippen LogP contribution in [0.25, 0.3) is 0 Å². The Kier molecular flexibility index (Phi) is 4.20. The van der Waals surface area contributed by atoms with Gasteiger partial charge in [-0.1, -0.05) is 6.92 Å². The van der Waals surface area contributed by atoms with E-state index in [1.807, 2.05) is 0 Å². The van der Waals surface area contributed by atoms with Crippen molar-refractivity contribution in [3.05, 3.63) is 0 Å². The summed E-state index contributed by atoms with van der Waals surface area (Å²) in [4.78, 5) is 0. The van der Waals surface area contributed by atoms with Gasteiger partial charge in [0.25, 0.3) is 0 Å². The summed E-state index contributed by atoms with van der Waals surface area (Å²) in [6, 6.07) is 0. The number of hydrogen-bond donors (Lipinski definition) is 2. The lowest BCUT2D eigenvalue weighted by Crippen LogP contribution is -2.43. The Morgan fingerprint density at radius 3 is 2.46 bits per heavy atom. The quantitative estimate of drug-likeness (QED) is 0.696. The van der Waals surface area contributed by atoms with Crippen LogP contribution in [0.15, 0.2) is 0 Å². The highest BCUT2D eigenvalue weighted by molar-refractivity contribution is 4.78. The first-order valence-electron chi connectivity index (χ1n) is 5.60. The Bertz CT molecular complexity index is 137. The molecule has 0 atom stereocenters. The van der Waals surface area contributed by atoms with Gasteiger partial charge in [-0.3, -0.25) is 0 Å². The van der Waals surface area contributed by atoms with Crippen molar-refractivity contribution in [2.45, 2.75) is 45.6 Å². The first-order valence-corrected chi connectivity index (χ1v) is 5.60. The highest BCUT2D eigenvalue weighted by Gasteiger charge is 2.18. The van der Waals surface area contributed by atoms with Crippen LogP contribution in [-0.4, -0.2) is 25.2 Å². The van der Waals surface area contributed by atoms with Gasteiger partial charge in [0.2, 0.25) is 0 Å². The van der Waals surface area contributed by atoms with E-state index in [2.05, 4.69) is 31.4 Å². The second-order valence-electron chi connectivity index (χ2n) is 4.81. The van der Waals surface area contributed by atoms with E-state index in [0.717, 1.165) is 5.92 Å². The second-order valence-corrected chi connectivity index (χ2v) is 4.81. The van der Waals surface area contributed by atoms with Gasteiger partial charge >= 0.3 is 0 Å². The van der Waals surface area contributed by atoms with Crippen molar-refractivity contribution in [3.63, 3.8) is 0 Å². The van der Waals surface area contributed by atoms with E-state index in [1.54, 1.807) is 0 Å². The molecule has 2 N–H and O–H groups in total. The van der Waals surface area contributed by atoms with Crippen molar-refractivity contribution in [2.75, 3.05) is 19.6 Å². The smallest absolute Gasteiger partial charge is 0.0122 e. The number of rotatable bonds is 4. The molecule has 0 amide bonds. The average molecular weight is 184 g/mol. The van der Waals surface area contributed by atoms with Gasteiger partial charge in [0.1, 0.15) is 0 Å². The van der Waals surface area contributed by atoms with Crippen LogP contribution in [0, 0.1) is 5.92 Å². The average Bonchev–Trinajstić information content (AvgIpc) is 2.17. The summed E-state index contributed by atoms with van der Waals surface area (Å²) in [6.45, 7) is 10.4. The summed E-state index contributed by atoms with van der Waals surface area (Å²) in [5.41, 5.74) is 0.324. The molecule has 0 spiro atoms. The fraction of sp³-hybridized carbons (Fsp3) is 1.00. The molecule has 2 heteroatoms. The van der Waals surface area contributed by atoms with Crippen LogP contribution in [0.2, 0.25) is 0 Å². The highest BCUT2D eigenvalue weighted by Crippen LogP contribution is 2.13. The van der Waals surface area contributed by atoms with Gasteiger partial charge in [-0.15, -0.1) is 0 Å². The molecular weight excluding hydrogens is 160 g/mol. The SMILES string of the molecule is CCC(C)(C)NCC1CCNCC1. The fourth-order valence-electron chi connectivity index (χ4n) is 1.63. The molecule has 0 aromatic rings. The molecule has 0 aromatic heterocycles. The molecule has 0 aromatic carbocycles. The van der Waals surface area contributed by atoms with Crippen molar-refractivity contribution < 1.29 is 0 Å². The maximum Gasteiger partial charge on any atom is 0.0122 e. The summed E-state index contributed by atoms with van der Waals surface area (Å²) in [5.74, 6) is 0.895. The molecule has 0 aliphatic carbocycles. The first kappa shape index (κ1) is 11.0. The van der Waals surface area contributed by atoms with E-state index in [9.17, 15) is 0 Å². The molecule has 1 aliphatic rings. The van der Waals surface area contributed by atoms with Crippen LogP contribution in [0.1, 0.15) is 40.0 Å². The Hall–Kier alpha value is -0.0800. The van der Waals surface area contributed by atoms with Crippen LogP contribution in [0.3, 0.4) is 0 Å². The van der Waals surface area contributed by atoms with Gasteiger partial charge in [-0.05, 0) is 58.7 Å². The first-order chi connectivity index (χ1) is 6.14. The minimum Gasteiger partial charge on any atom is -0.317 e. The van der Waals surface area contributed by atoms with Crippen LogP contribution in [-0.2, 0) is 0 Å². The Balaban J connectivity index is 2.17. The molecule has 1 rings (SSSR count). The zero-order valence-corrected chi connectivity index (χ0v) is 9.32. The third-order valence-electron chi connectivity index (χ3n) is 3.21. The van der Waals surface area contributed by atoms with Crippen molar-refractivity contribution in [1.29, 1.82) is 0 Å². The third-order valence-corrected chi connectivity index (χ3v) is 3.21. The molecule has 1 fully saturated rings. The van der Waals surface area contributed by atoms with Crippen LogP contribution < -0.4 is 10.6 Å². The lowest BCUT2D eigenvalue weighted by Gasteiger charge is -2.29. The standard InChI is InChI=1S/C11H24N2/c1-4-11(2,3)13-9-10-5-7-12-8-6-10/h10,12-13H,4-9H2,1-3H3. The largest absolute Gasteiger partial charge is 0.317 e. The Morgan fingerprint density at radius 2 is 1.92 bits per heavy atom. The van der Waals surface area contributed by atoms with Crippen molar-refractivity contribution in [2.24, 2.45) is 5.92 Å². The maximum atomic E-state index is 3.65. The summed E-state index contributed by atoms with van der Waals surface area (Å²) < 4.78 is 0. The van der Waals surface area contributed by atoms with Crippen molar-refractivity contribution in [1.82, 2.24) is 10.6 Å². The number of piperidine rings is 1. The molecule has 2 nitrogen and oxygen atoms in total. The molecule has 0 radical (unpaired) electrons. The fourth-order valence-corrected chi connectivity index (χ4v) is 1.63. The van der Waals surface area contributed by atoms with Crippen LogP contribution in [0.5, 0.6) is 0 Å².